The van der Waals surface area contributed by atoms with Gasteiger partial charge < -0.3 is 10.0 Å². The molecule has 1 heterocycles. The number of carboxylic acids is 1. The van der Waals surface area contributed by atoms with Crippen molar-refractivity contribution in [2.24, 2.45) is 0 Å². The second kappa shape index (κ2) is 5.95. The lowest BCUT2D eigenvalue weighted by atomic mass is 10.2. The molecule has 2 rings (SSSR count). The van der Waals surface area contributed by atoms with Crippen LogP contribution in [0.4, 0.5) is 18.9 Å². The van der Waals surface area contributed by atoms with Crippen LogP contribution in [0.3, 0.4) is 0 Å². The average Bonchev–Trinajstić information content (AvgIpc) is 2.84. The molecule has 1 unspecified atom stereocenters. The zero-order valence-electron chi connectivity index (χ0n) is 10.6. The molecule has 0 radical (unpaired) electrons. The highest BCUT2D eigenvalue weighted by molar-refractivity contribution is 8.00. The summed E-state index contributed by atoms with van der Waals surface area (Å²) in [6, 6.07) is 5.25. The number of carbonyl (C=O) groups is 1. The zero-order chi connectivity index (χ0) is 14.8. The molecule has 1 aliphatic heterocycles. The normalized spacial score (nSPS) is 19.4. The van der Waals surface area contributed by atoms with Crippen molar-refractivity contribution in [2.45, 2.75) is 17.8 Å². The zero-order valence-corrected chi connectivity index (χ0v) is 11.4. The summed E-state index contributed by atoms with van der Waals surface area (Å²) in [4.78, 5) is 12.4. The summed E-state index contributed by atoms with van der Waals surface area (Å²) < 4.78 is 38.0. The van der Waals surface area contributed by atoms with E-state index < -0.39 is 17.7 Å². The van der Waals surface area contributed by atoms with Gasteiger partial charge >= 0.3 is 12.1 Å². The lowest BCUT2D eigenvalue weighted by Crippen LogP contribution is -2.21. The van der Waals surface area contributed by atoms with Crippen LogP contribution in [0, 0.1) is 0 Å². The molecule has 1 aromatic carbocycles. The summed E-state index contributed by atoms with van der Waals surface area (Å²) in [5.41, 5.74) is -0.116. The van der Waals surface area contributed by atoms with Crippen molar-refractivity contribution in [1.82, 2.24) is 0 Å². The fourth-order valence-corrected chi connectivity index (χ4v) is 3.10. The van der Waals surface area contributed by atoms with Crippen molar-refractivity contribution in [3.05, 3.63) is 29.8 Å². The minimum absolute atomic E-state index is 0.0289. The van der Waals surface area contributed by atoms with E-state index in [2.05, 4.69) is 0 Å². The number of hydrogen-bond acceptors (Lipinski definition) is 3. The molecule has 0 saturated carbocycles. The van der Waals surface area contributed by atoms with Crippen LogP contribution in [0.1, 0.15) is 12.0 Å². The monoisotopic (exact) mass is 305 g/mol. The number of rotatable bonds is 4. The molecule has 7 heteroatoms. The number of thioether (sulfide) groups is 1. The molecule has 1 N–H and O–H groups in total. The number of aliphatic carboxylic acids is 1. The summed E-state index contributed by atoms with van der Waals surface area (Å²) in [6.07, 6.45) is -3.55. The first-order valence-corrected chi connectivity index (χ1v) is 7.17. The fourth-order valence-electron chi connectivity index (χ4n) is 2.17. The van der Waals surface area contributed by atoms with Crippen molar-refractivity contribution in [3.8, 4) is 0 Å². The SMILES string of the molecule is O=C(O)CSC1CCN(c2cccc(C(F)(F)F)c2)C1. The molecule has 3 nitrogen and oxygen atoms in total. The van der Waals surface area contributed by atoms with Crippen LogP contribution < -0.4 is 4.90 Å². The molecular formula is C13H14F3NO2S. The Bertz CT molecular complexity index is 493. The first kappa shape index (κ1) is 15.0. The van der Waals surface area contributed by atoms with E-state index in [1.807, 2.05) is 4.90 Å². The van der Waals surface area contributed by atoms with Gasteiger partial charge in [-0.1, -0.05) is 6.07 Å². The highest BCUT2D eigenvalue weighted by Gasteiger charge is 2.31. The van der Waals surface area contributed by atoms with Gasteiger partial charge in [0.1, 0.15) is 0 Å². The van der Waals surface area contributed by atoms with E-state index in [1.165, 1.54) is 17.8 Å². The van der Waals surface area contributed by atoms with Crippen LogP contribution in [0.15, 0.2) is 24.3 Å². The fraction of sp³-hybridized carbons (Fsp3) is 0.462. The maximum Gasteiger partial charge on any atom is 0.416 e. The first-order valence-electron chi connectivity index (χ1n) is 6.12. The Balaban J connectivity index is 2.01. The molecule has 1 saturated heterocycles. The highest BCUT2D eigenvalue weighted by atomic mass is 32.2. The Labute approximate surface area is 118 Å². The van der Waals surface area contributed by atoms with Gasteiger partial charge in [0.25, 0.3) is 0 Å². The van der Waals surface area contributed by atoms with Crippen LogP contribution in [0.25, 0.3) is 0 Å². The van der Waals surface area contributed by atoms with Crippen molar-refractivity contribution < 1.29 is 23.1 Å². The van der Waals surface area contributed by atoms with Crippen molar-refractivity contribution in [3.63, 3.8) is 0 Å². The third-order valence-electron chi connectivity index (χ3n) is 3.13. The molecule has 0 aromatic heterocycles. The van der Waals surface area contributed by atoms with Gasteiger partial charge in [-0.2, -0.15) is 13.2 Å². The smallest absolute Gasteiger partial charge is 0.416 e. The maximum absolute atomic E-state index is 12.7. The van der Waals surface area contributed by atoms with E-state index >= 15 is 0 Å². The quantitative estimate of drug-likeness (QED) is 0.928. The number of carboxylic acid groups (broad SMARTS) is 1. The van der Waals surface area contributed by atoms with Crippen molar-refractivity contribution >= 4 is 23.4 Å². The lowest BCUT2D eigenvalue weighted by molar-refractivity contribution is -0.137. The van der Waals surface area contributed by atoms with Gasteiger partial charge in [0, 0.05) is 24.0 Å². The van der Waals surface area contributed by atoms with Crippen molar-refractivity contribution in [2.75, 3.05) is 23.7 Å². The largest absolute Gasteiger partial charge is 0.481 e. The highest BCUT2D eigenvalue weighted by Crippen LogP contribution is 2.33. The Morgan fingerprint density at radius 3 is 2.85 bits per heavy atom. The van der Waals surface area contributed by atoms with Gasteiger partial charge in [-0.25, -0.2) is 0 Å². The van der Waals surface area contributed by atoms with Gasteiger partial charge in [-0.05, 0) is 24.6 Å². The number of anilines is 1. The minimum Gasteiger partial charge on any atom is -0.481 e. The molecular weight excluding hydrogens is 291 g/mol. The summed E-state index contributed by atoms with van der Waals surface area (Å²) >= 11 is 1.34. The number of alkyl halides is 3. The molecule has 0 spiro atoms. The van der Waals surface area contributed by atoms with Gasteiger partial charge in [0.05, 0.1) is 11.3 Å². The summed E-state index contributed by atoms with van der Waals surface area (Å²) in [7, 11) is 0. The van der Waals surface area contributed by atoms with Crippen LogP contribution in [0.5, 0.6) is 0 Å². The predicted octanol–water partition coefficient (Wildman–Crippen LogP) is 3.10. The molecule has 110 valence electrons. The van der Waals surface area contributed by atoms with E-state index in [9.17, 15) is 18.0 Å². The van der Waals surface area contributed by atoms with Gasteiger partial charge in [-0.15, -0.1) is 11.8 Å². The topological polar surface area (TPSA) is 40.5 Å². The summed E-state index contributed by atoms with van der Waals surface area (Å²) in [6.45, 7) is 1.23. The first-order chi connectivity index (χ1) is 9.36. The minimum atomic E-state index is -4.34. The maximum atomic E-state index is 12.7. The van der Waals surface area contributed by atoms with E-state index in [4.69, 9.17) is 5.11 Å². The number of benzene rings is 1. The standard InChI is InChI=1S/C13H14F3NO2S/c14-13(15,16)9-2-1-3-10(6-9)17-5-4-11(7-17)20-8-12(18)19/h1-3,6,11H,4-5,7-8H2,(H,18,19). The van der Waals surface area contributed by atoms with E-state index in [1.54, 1.807) is 6.07 Å². The van der Waals surface area contributed by atoms with Crippen LogP contribution in [-0.4, -0.2) is 35.2 Å². The second-order valence-electron chi connectivity index (χ2n) is 4.61. The van der Waals surface area contributed by atoms with Crippen LogP contribution >= 0.6 is 11.8 Å². The Morgan fingerprint density at radius 1 is 1.45 bits per heavy atom. The Hall–Kier alpha value is -1.37. The molecule has 1 fully saturated rings. The molecule has 0 amide bonds. The molecule has 1 aromatic rings. The Morgan fingerprint density at radius 2 is 2.20 bits per heavy atom. The van der Waals surface area contributed by atoms with E-state index in [-0.39, 0.29) is 11.0 Å². The predicted molar refractivity (Wildman–Crippen MR) is 72.2 cm³/mol. The van der Waals surface area contributed by atoms with E-state index in [0.717, 1.165) is 18.6 Å². The van der Waals surface area contributed by atoms with E-state index in [0.29, 0.717) is 18.8 Å². The molecule has 1 aliphatic rings. The lowest BCUT2D eigenvalue weighted by Gasteiger charge is -2.20. The summed E-state index contributed by atoms with van der Waals surface area (Å²) in [5.74, 6) is -0.839. The van der Waals surface area contributed by atoms with Gasteiger partial charge in [0.2, 0.25) is 0 Å². The van der Waals surface area contributed by atoms with Gasteiger partial charge in [-0.3, -0.25) is 4.79 Å². The van der Waals surface area contributed by atoms with Crippen LogP contribution in [-0.2, 0) is 11.0 Å². The van der Waals surface area contributed by atoms with Gasteiger partial charge in [0.15, 0.2) is 0 Å². The molecule has 0 aliphatic carbocycles. The molecule has 0 bridgehead atoms. The third kappa shape index (κ3) is 3.82. The molecule has 20 heavy (non-hydrogen) atoms. The summed E-state index contributed by atoms with van der Waals surface area (Å²) in [5, 5.41) is 8.78. The third-order valence-corrected chi connectivity index (χ3v) is 4.40. The number of halogens is 3. The Kier molecular flexibility index (Phi) is 4.47. The molecule has 1 atom stereocenters. The second-order valence-corrected chi connectivity index (χ2v) is 5.90. The number of hydrogen-bond donors (Lipinski definition) is 1. The average molecular weight is 305 g/mol. The number of nitrogens with zero attached hydrogens (tertiary/aromatic N) is 1. The van der Waals surface area contributed by atoms with Crippen molar-refractivity contribution in [1.29, 1.82) is 0 Å². The van der Waals surface area contributed by atoms with Crippen LogP contribution in [0.2, 0.25) is 0 Å².